The Hall–Kier alpha value is -2.10. The fraction of sp³-hybridized carbons (Fsp3) is 0.444. The third-order valence-corrected chi connectivity index (χ3v) is 3.98. The molecule has 0 heterocycles. The average Bonchev–Trinajstić information content (AvgIpc) is 2.75. The van der Waals surface area contributed by atoms with Gasteiger partial charge in [0, 0.05) is 6.42 Å². The first-order chi connectivity index (χ1) is 10.4. The fourth-order valence-corrected chi connectivity index (χ4v) is 3.15. The van der Waals surface area contributed by atoms with Gasteiger partial charge in [0.25, 0.3) is 0 Å². The standard InChI is InChI=1S/C18H22O4/c1-6-22-18(20)13-9-14(21-5)16(17(13)19)15-11(3)7-10(2)8-12(15)4/h7-8,13H,6,9H2,1-5H3. The lowest BCUT2D eigenvalue weighted by Crippen LogP contribution is -2.23. The van der Waals surface area contributed by atoms with Crippen LogP contribution in [0.1, 0.15) is 35.6 Å². The van der Waals surface area contributed by atoms with E-state index in [2.05, 4.69) is 0 Å². The number of carbonyl (C=O) groups excluding carboxylic acids is 2. The SMILES string of the molecule is CCOC(=O)C1CC(OC)=C(c2c(C)cc(C)cc2C)C1=O. The van der Waals surface area contributed by atoms with E-state index in [1.54, 1.807) is 6.92 Å². The van der Waals surface area contributed by atoms with Crippen molar-refractivity contribution in [3.05, 3.63) is 40.1 Å². The van der Waals surface area contributed by atoms with Crippen molar-refractivity contribution >= 4 is 17.3 Å². The van der Waals surface area contributed by atoms with E-state index in [0.717, 1.165) is 22.3 Å². The monoisotopic (exact) mass is 302 g/mol. The summed E-state index contributed by atoms with van der Waals surface area (Å²) in [6.07, 6.45) is 0.274. The molecule has 0 saturated carbocycles. The summed E-state index contributed by atoms with van der Waals surface area (Å²) >= 11 is 0. The van der Waals surface area contributed by atoms with E-state index >= 15 is 0 Å². The van der Waals surface area contributed by atoms with Gasteiger partial charge in [-0.2, -0.15) is 0 Å². The third kappa shape index (κ3) is 2.78. The highest BCUT2D eigenvalue weighted by molar-refractivity contribution is 6.29. The highest BCUT2D eigenvalue weighted by Gasteiger charge is 2.41. The van der Waals surface area contributed by atoms with Crippen molar-refractivity contribution in [2.45, 2.75) is 34.1 Å². The Morgan fingerprint density at radius 2 is 1.82 bits per heavy atom. The van der Waals surface area contributed by atoms with Crippen LogP contribution in [0.3, 0.4) is 0 Å². The molecule has 4 nitrogen and oxygen atoms in total. The second-order valence-corrected chi connectivity index (χ2v) is 5.65. The molecule has 22 heavy (non-hydrogen) atoms. The Morgan fingerprint density at radius 1 is 1.23 bits per heavy atom. The second kappa shape index (κ2) is 6.34. The molecule has 1 unspecified atom stereocenters. The first-order valence-corrected chi connectivity index (χ1v) is 7.46. The zero-order valence-electron chi connectivity index (χ0n) is 13.8. The summed E-state index contributed by atoms with van der Waals surface area (Å²) in [4.78, 5) is 24.7. The molecular weight excluding hydrogens is 280 g/mol. The first kappa shape index (κ1) is 16.3. The van der Waals surface area contributed by atoms with Gasteiger partial charge in [-0.05, 0) is 44.4 Å². The van der Waals surface area contributed by atoms with E-state index in [0.29, 0.717) is 11.3 Å². The molecule has 0 aromatic heterocycles. The van der Waals surface area contributed by atoms with Crippen molar-refractivity contribution in [1.29, 1.82) is 0 Å². The number of hydrogen-bond acceptors (Lipinski definition) is 4. The third-order valence-electron chi connectivity index (χ3n) is 3.98. The van der Waals surface area contributed by atoms with Crippen LogP contribution in [0.25, 0.3) is 5.57 Å². The molecule has 0 N–H and O–H groups in total. The molecule has 0 fully saturated rings. The van der Waals surface area contributed by atoms with Gasteiger partial charge in [0.1, 0.15) is 11.7 Å². The maximum absolute atomic E-state index is 12.7. The molecule has 1 aromatic rings. The Morgan fingerprint density at radius 3 is 2.32 bits per heavy atom. The molecule has 2 rings (SSSR count). The van der Waals surface area contributed by atoms with Gasteiger partial charge in [-0.3, -0.25) is 9.59 Å². The minimum Gasteiger partial charge on any atom is -0.500 e. The van der Waals surface area contributed by atoms with E-state index in [-0.39, 0.29) is 18.8 Å². The van der Waals surface area contributed by atoms with E-state index in [1.165, 1.54) is 7.11 Å². The lowest BCUT2D eigenvalue weighted by Gasteiger charge is -2.13. The number of rotatable bonds is 4. The maximum Gasteiger partial charge on any atom is 0.317 e. The van der Waals surface area contributed by atoms with Crippen molar-refractivity contribution in [1.82, 2.24) is 0 Å². The van der Waals surface area contributed by atoms with Crippen LogP contribution in [0, 0.1) is 26.7 Å². The maximum atomic E-state index is 12.7. The van der Waals surface area contributed by atoms with Crippen LogP contribution in [0.5, 0.6) is 0 Å². The lowest BCUT2D eigenvalue weighted by atomic mass is 9.91. The first-order valence-electron chi connectivity index (χ1n) is 7.46. The van der Waals surface area contributed by atoms with E-state index in [4.69, 9.17) is 9.47 Å². The predicted octanol–water partition coefficient (Wildman–Crippen LogP) is 3.12. The van der Waals surface area contributed by atoms with Gasteiger partial charge >= 0.3 is 5.97 Å². The number of benzene rings is 1. The topological polar surface area (TPSA) is 52.6 Å². The molecule has 4 heteroatoms. The summed E-state index contributed by atoms with van der Waals surface area (Å²) < 4.78 is 10.4. The van der Waals surface area contributed by atoms with Crippen LogP contribution < -0.4 is 0 Å². The van der Waals surface area contributed by atoms with E-state index in [1.807, 2.05) is 32.9 Å². The highest BCUT2D eigenvalue weighted by atomic mass is 16.5. The smallest absolute Gasteiger partial charge is 0.317 e. The summed E-state index contributed by atoms with van der Waals surface area (Å²) in [5.41, 5.74) is 4.57. The highest BCUT2D eigenvalue weighted by Crippen LogP contribution is 2.38. The van der Waals surface area contributed by atoms with Crippen molar-refractivity contribution < 1.29 is 19.1 Å². The molecule has 118 valence electrons. The average molecular weight is 302 g/mol. The number of ether oxygens (including phenoxy) is 2. The summed E-state index contributed by atoms with van der Waals surface area (Å²) in [5.74, 6) is -0.895. The second-order valence-electron chi connectivity index (χ2n) is 5.65. The van der Waals surface area contributed by atoms with Gasteiger partial charge in [0.15, 0.2) is 5.78 Å². The number of ketones is 1. The lowest BCUT2D eigenvalue weighted by molar-refractivity contribution is -0.150. The molecule has 0 radical (unpaired) electrons. The number of aryl methyl sites for hydroxylation is 3. The number of Topliss-reactive ketones (excluding diaryl/α,β-unsaturated/α-hetero) is 1. The normalized spacial score (nSPS) is 17.9. The molecule has 0 aliphatic heterocycles. The van der Waals surface area contributed by atoms with Crippen LogP contribution in [0.4, 0.5) is 0 Å². The number of esters is 1. The van der Waals surface area contributed by atoms with E-state index < -0.39 is 11.9 Å². The predicted molar refractivity (Wildman–Crippen MR) is 84.3 cm³/mol. The van der Waals surface area contributed by atoms with Crippen molar-refractivity contribution in [2.24, 2.45) is 5.92 Å². The van der Waals surface area contributed by atoms with Gasteiger partial charge in [-0.1, -0.05) is 17.7 Å². The molecule has 0 spiro atoms. The molecule has 1 aliphatic carbocycles. The largest absolute Gasteiger partial charge is 0.500 e. The summed E-state index contributed by atoms with van der Waals surface area (Å²) in [5, 5.41) is 0. The Bertz CT molecular complexity index is 632. The minimum absolute atomic E-state index is 0.203. The van der Waals surface area contributed by atoms with Crippen LogP contribution in [-0.2, 0) is 19.1 Å². The fourth-order valence-electron chi connectivity index (χ4n) is 3.15. The molecule has 0 amide bonds. The van der Waals surface area contributed by atoms with Crippen LogP contribution in [-0.4, -0.2) is 25.5 Å². The van der Waals surface area contributed by atoms with Crippen molar-refractivity contribution in [2.75, 3.05) is 13.7 Å². The number of methoxy groups -OCH3 is 1. The molecule has 0 saturated heterocycles. The number of carbonyl (C=O) groups is 2. The molecule has 1 aliphatic rings. The van der Waals surface area contributed by atoms with Gasteiger partial charge in [0.2, 0.25) is 0 Å². The molecular formula is C18H22O4. The van der Waals surface area contributed by atoms with Crippen molar-refractivity contribution in [3.8, 4) is 0 Å². The van der Waals surface area contributed by atoms with Crippen LogP contribution in [0.15, 0.2) is 17.9 Å². The molecule has 1 aromatic carbocycles. The number of allylic oxidation sites excluding steroid dienone is 2. The Labute approximate surface area is 131 Å². The minimum atomic E-state index is -0.787. The summed E-state index contributed by atoms with van der Waals surface area (Å²) in [7, 11) is 1.54. The number of hydrogen-bond donors (Lipinski definition) is 0. The van der Waals surface area contributed by atoms with Gasteiger partial charge in [-0.15, -0.1) is 0 Å². The summed E-state index contributed by atoms with van der Waals surface area (Å²) in [6.45, 7) is 7.97. The zero-order valence-corrected chi connectivity index (χ0v) is 13.8. The zero-order chi connectivity index (χ0) is 16.4. The van der Waals surface area contributed by atoms with Crippen LogP contribution >= 0.6 is 0 Å². The Balaban J connectivity index is 2.49. The Kier molecular flexibility index (Phi) is 4.69. The van der Waals surface area contributed by atoms with E-state index in [9.17, 15) is 9.59 Å². The summed E-state index contributed by atoms with van der Waals surface area (Å²) in [6, 6.07) is 4.07. The van der Waals surface area contributed by atoms with Gasteiger partial charge < -0.3 is 9.47 Å². The van der Waals surface area contributed by atoms with Crippen molar-refractivity contribution in [3.63, 3.8) is 0 Å². The quantitative estimate of drug-likeness (QED) is 0.633. The molecule has 0 bridgehead atoms. The van der Waals surface area contributed by atoms with Gasteiger partial charge in [-0.25, -0.2) is 0 Å². The molecule has 1 atom stereocenters. The van der Waals surface area contributed by atoms with Gasteiger partial charge in [0.05, 0.1) is 19.3 Å². The van der Waals surface area contributed by atoms with Crippen LogP contribution in [0.2, 0.25) is 0 Å².